The summed E-state index contributed by atoms with van der Waals surface area (Å²) in [6.07, 6.45) is 0.750. The lowest BCUT2D eigenvalue weighted by Gasteiger charge is -2.14. The summed E-state index contributed by atoms with van der Waals surface area (Å²) in [7, 11) is 1.16. The van der Waals surface area contributed by atoms with Crippen molar-refractivity contribution in [2.75, 3.05) is 17.7 Å². The Hall–Kier alpha value is -4.01. The molecule has 0 bridgehead atoms. The maximum atomic E-state index is 13.2. The molecule has 0 aliphatic heterocycles. The first-order valence-electron chi connectivity index (χ1n) is 9.65. The van der Waals surface area contributed by atoms with Crippen molar-refractivity contribution in [3.8, 4) is 5.75 Å². The SMILES string of the molecule is COc1ccc(NC(=O)Nc2cccc3c2ccn3Cc2ccncc2)cc1C(F)(F)F. The summed E-state index contributed by atoms with van der Waals surface area (Å²) in [6.45, 7) is 0.633. The number of benzene rings is 2. The van der Waals surface area contributed by atoms with Crippen molar-refractivity contribution in [3.05, 3.63) is 84.3 Å². The molecule has 2 heterocycles. The molecule has 9 heteroatoms. The number of nitrogens with zero attached hydrogens (tertiary/aromatic N) is 2. The molecule has 6 nitrogen and oxygen atoms in total. The number of methoxy groups -OCH3 is 1. The van der Waals surface area contributed by atoms with Crippen LogP contribution in [0.4, 0.5) is 29.3 Å². The van der Waals surface area contributed by atoms with Crippen LogP contribution in [0, 0.1) is 0 Å². The van der Waals surface area contributed by atoms with Crippen molar-refractivity contribution in [2.45, 2.75) is 12.7 Å². The first-order valence-corrected chi connectivity index (χ1v) is 9.65. The van der Waals surface area contributed by atoms with Crippen molar-refractivity contribution in [1.82, 2.24) is 9.55 Å². The highest BCUT2D eigenvalue weighted by Crippen LogP contribution is 2.37. The summed E-state index contributed by atoms with van der Waals surface area (Å²) >= 11 is 0. The Labute approximate surface area is 181 Å². The number of alkyl halides is 3. The molecule has 0 atom stereocenters. The molecule has 0 fully saturated rings. The predicted molar refractivity (Wildman–Crippen MR) is 116 cm³/mol. The quantitative estimate of drug-likeness (QED) is 0.415. The number of ether oxygens (including phenoxy) is 1. The number of rotatable bonds is 5. The maximum absolute atomic E-state index is 13.2. The van der Waals surface area contributed by atoms with Gasteiger partial charge in [0.25, 0.3) is 0 Å². The van der Waals surface area contributed by atoms with Gasteiger partial charge in [-0.2, -0.15) is 13.2 Å². The van der Waals surface area contributed by atoms with Crippen molar-refractivity contribution in [1.29, 1.82) is 0 Å². The van der Waals surface area contributed by atoms with Gasteiger partial charge in [-0.3, -0.25) is 4.98 Å². The molecule has 32 heavy (non-hydrogen) atoms. The number of halogens is 3. The van der Waals surface area contributed by atoms with E-state index in [1.165, 1.54) is 12.1 Å². The lowest BCUT2D eigenvalue weighted by molar-refractivity contribution is -0.138. The molecular formula is C23H19F3N4O2. The molecule has 0 unspecified atom stereocenters. The summed E-state index contributed by atoms with van der Waals surface area (Å²) in [5.41, 5.74) is 1.56. The van der Waals surface area contributed by atoms with Crippen molar-refractivity contribution >= 4 is 28.3 Å². The first kappa shape index (κ1) is 21.2. The van der Waals surface area contributed by atoms with Crippen molar-refractivity contribution in [3.63, 3.8) is 0 Å². The van der Waals surface area contributed by atoms with E-state index in [0.29, 0.717) is 12.2 Å². The van der Waals surface area contributed by atoms with Crippen LogP contribution in [0.1, 0.15) is 11.1 Å². The monoisotopic (exact) mass is 440 g/mol. The van der Waals surface area contributed by atoms with Crippen LogP contribution in [0.5, 0.6) is 5.75 Å². The molecule has 2 aromatic carbocycles. The highest BCUT2D eigenvalue weighted by atomic mass is 19.4. The second-order valence-corrected chi connectivity index (χ2v) is 7.03. The highest BCUT2D eigenvalue weighted by Gasteiger charge is 2.34. The van der Waals surface area contributed by atoms with Gasteiger partial charge in [0.2, 0.25) is 0 Å². The van der Waals surface area contributed by atoms with Gasteiger partial charge in [-0.1, -0.05) is 6.07 Å². The van der Waals surface area contributed by atoms with Crippen LogP contribution in [0.3, 0.4) is 0 Å². The minimum Gasteiger partial charge on any atom is -0.496 e. The normalized spacial score (nSPS) is 11.4. The molecule has 0 saturated heterocycles. The number of fused-ring (bicyclic) bond motifs is 1. The molecule has 4 rings (SSSR count). The zero-order valence-corrected chi connectivity index (χ0v) is 17.0. The van der Waals surface area contributed by atoms with Gasteiger partial charge in [0.05, 0.1) is 23.9 Å². The molecule has 164 valence electrons. The number of hydrogen-bond acceptors (Lipinski definition) is 3. The lowest BCUT2D eigenvalue weighted by atomic mass is 10.1. The van der Waals surface area contributed by atoms with Crippen LogP contribution in [0.25, 0.3) is 10.9 Å². The van der Waals surface area contributed by atoms with E-state index < -0.39 is 17.8 Å². The number of urea groups is 1. The largest absolute Gasteiger partial charge is 0.496 e. The third kappa shape index (κ3) is 4.51. The molecule has 0 radical (unpaired) electrons. The van der Waals surface area contributed by atoms with E-state index in [4.69, 9.17) is 4.74 Å². The standard InChI is InChI=1S/C23H19F3N4O2/c1-32-21-6-5-16(13-18(21)23(24,25)26)28-22(31)29-19-3-2-4-20-17(19)9-12-30(20)14-15-7-10-27-11-8-15/h2-13H,14H2,1H3,(H2,28,29,31). The molecule has 0 saturated carbocycles. The third-order valence-corrected chi connectivity index (χ3v) is 4.93. The van der Waals surface area contributed by atoms with E-state index in [1.807, 2.05) is 35.0 Å². The molecule has 0 aliphatic rings. The second-order valence-electron chi connectivity index (χ2n) is 7.03. The number of aromatic nitrogens is 2. The Bertz CT molecular complexity index is 1250. The van der Waals surface area contributed by atoms with Crippen LogP contribution >= 0.6 is 0 Å². The van der Waals surface area contributed by atoms with Crippen LogP contribution in [-0.2, 0) is 12.7 Å². The molecule has 2 N–H and O–H groups in total. The van der Waals surface area contributed by atoms with E-state index in [-0.39, 0.29) is 11.4 Å². The van der Waals surface area contributed by atoms with Gasteiger partial charge in [0.1, 0.15) is 5.75 Å². The average molecular weight is 440 g/mol. The van der Waals surface area contributed by atoms with Gasteiger partial charge in [-0.15, -0.1) is 0 Å². The van der Waals surface area contributed by atoms with E-state index in [1.54, 1.807) is 24.5 Å². The second kappa shape index (κ2) is 8.62. The van der Waals surface area contributed by atoms with Gasteiger partial charge < -0.3 is 19.9 Å². The van der Waals surface area contributed by atoms with Crippen LogP contribution < -0.4 is 15.4 Å². The Morgan fingerprint density at radius 1 is 1.06 bits per heavy atom. The van der Waals surface area contributed by atoms with Gasteiger partial charge in [0, 0.05) is 36.2 Å². The Morgan fingerprint density at radius 2 is 1.84 bits per heavy atom. The molecule has 4 aromatic rings. The average Bonchev–Trinajstić information content (AvgIpc) is 3.17. The Kier molecular flexibility index (Phi) is 5.72. The number of pyridine rings is 1. The van der Waals surface area contributed by atoms with E-state index in [2.05, 4.69) is 15.6 Å². The summed E-state index contributed by atoms with van der Waals surface area (Å²) in [5.74, 6) is -0.316. The van der Waals surface area contributed by atoms with Crippen LogP contribution in [0.15, 0.2) is 73.2 Å². The van der Waals surface area contributed by atoms with E-state index in [0.717, 1.165) is 29.6 Å². The van der Waals surface area contributed by atoms with Crippen LogP contribution in [-0.4, -0.2) is 22.7 Å². The van der Waals surface area contributed by atoms with Crippen molar-refractivity contribution in [2.24, 2.45) is 0 Å². The fraction of sp³-hybridized carbons (Fsp3) is 0.130. The molecule has 2 aromatic heterocycles. The summed E-state index contributed by atoms with van der Waals surface area (Å²) in [5, 5.41) is 5.97. The predicted octanol–water partition coefficient (Wildman–Crippen LogP) is 5.76. The molecule has 2 amide bonds. The fourth-order valence-corrected chi connectivity index (χ4v) is 3.45. The topological polar surface area (TPSA) is 68.2 Å². The lowest BCUT2D eigenvalue weighted by Crippen LogP contribution is -2.20. The van der Waals surface area contributed by atoms with Crippen LogP contribution in [0.2, 0.25) is 0 Å². The maximum Gasteiger partial charge on any atom is 0.420 e. The minimum atomic E-state index is -4.61. The third-order valence-electron chi connectivity index (χ3n) is 4.93. The molecular weight excluding hydrogens is 421 g/mol. The number of carbonyl (C=O) groups excluding carboxylic acids is 1. The zero-order chi connectivity index (χ0) is 22.7. The van der Waals surface area contributed by atoms with Gasteiger partial charge >= 0.3 is 12.2 Å². The van der Waals surface area contributed by atoms with Gasteiger partial charge in [-0.25, -0.2) is 4.79 Å². The van der Waals surface area contributed by atoms with Gasteiger partial charge in [-0.05, 0) is 54.1 Å². The fourth-order valence-electron chi connectivity index (χ4n) is 3.45. The summed E-state index contributed by atoms with van der Waals surface area (Å²) in [4.78, 5) is 16.5. The zero-order valence-electron chi connectivity index (χ0n) is 17.0. The summed E-state index contributed by atoms with van der Waals surface area (Å²) < 4.78 is 46.5. The van der Waals surface area contributed by atoms with Crippen molar-refractivity contribution < 1.29 is 22.7 Å². The molecule has 0 aliphatic carbocycles. The number of hydrogen-bond donors (Lipinski definition) is 2. The van der Waals surface area contributed by atoms with Gasteiger partial charge in [0.15, 0.2) is 0 Å². The first-order chi connectivity index (χ1) is 15.3. The highest BCUT2D eigenvalue weighted by molar-refractivity contribution is 6.05. The minimum absolute atomic E-state index is 0.00180. The Balaban J connectivity index is 1.53. The summed E-state index contributed by atoms with van der Waals surface area (Å²) in [6, 6.07) is 13.9. The number of carbonyl (C=O) groups is 1. The van der Waals surface area contributed by atoms with E-state index >= 15 is 0 Å². The Morgan fingerprint density at radius 3 is 2.56 bits per heavy atom. The number of amides is 2. The number of nitrogens with one attached hydrogen (secondary N) is 2. The number of anilines is 2. The smallest absolute Gasteiger partial charge is 0.420 e. The van der Waals surface area contributed by atoms with E-state index in [9.17, 15) is 18.0 Å². The molecule has 0 spiro atoms.